The predicted octanol–water partition coefficient (Wildman–Crippen LogP) is 3.60. The summed E-state index contributed by atoms with van der Waals surface area (Å²) in [6, 6.07) is 8.47. The molecule has 3 N–H and O–H groups in total. The normalized spacial score (nSPS) is 22.0. The van der Waals surface area contributed by atoms with Crippen molar-refractivity contribution in [3.8, 4) is 0 Å². The number of nitrogens with two attached hydrogens (primary N) is 1. The third-order valence-electron chi connectivity index (χ3n) is 3.77. The molecule has 2 rings (SSSR count). The van der Waals surface area contributed by atoms with Crippen molar-refractivity contribution >= 4 is 29.3 Å². The van der Waals surface area contributed by atoms with E-state index in [1.165, 1.54) is 4.90 Å². The largest absolute Gasteiger partial charge is 0.353 e. The molecule has 0 aliphatic heterocycles. The molecular formula is C16H23ClN2OS. The molecule has 3 nitrogen and oxygen atoms in total. The summed E-state index contributed by atoms with van der Waals surface area (Å²) in [7, 11) is 0. The number of carbonyl (C=O) groups excluding carboxylic acids is 1. The average Bonchev–Trinajstić information content (AvgIpc) is 2.48. The highest BCUT2D eigenvalue weighted by Crippen LogP contribution is 2.21. The van der Waals surface area contributed by atoms with Crippen LogP contribution in [0.1, 0.15) is 38.5 Å². The minimum absolute atomic E-state index is 0.173. The fraction of sp³-hybridized carbons (Fsp3) is 0.562. The van der Waals surface area contributed by atoms with Crippen LogP contribution in [-0.4, -0.2) is 23.7 Å². The Morgan fingerprint density at radius 2 is 1.90 bits per heavy atom. The third kappa shape index (κ3) is 6.29. The minimum atomic E-state index is 0.173. The number of nitrogens with one attached hydrogen (secondary N) is 1. The van der Waals surface area contributed by atoms with Gasteiger partial charge < -0.3 is 11.1 Å². The van der Waals surface area contributed by atoms with Gasteiger partial charge in [0.15, 0.2) is 0 Å². The van der Waals surface area contributed by atoms with Crippen molar-refractivity contribution < 1.29 is 4.79 Å². The standard InChI is InChI=1S/C16H23ClN2OS/c17-12-3-9-15(10-4-12)21-11-1-2-16(20)19-14-7-5-13(18)6-8-14/h3-4,9-10,13-14H,1-2,5-8,11,18H2,(H,19,20). The lowest BCUT2D eigenvalue weighted by molar-refractivity contribution is -0.122. The number of benzene rings is 1. The Morgan fingerprint density at radius 3 is 2.57 bits per heavy atom. The molecule has 0 bridgehead atoms. The Balaban J connectivity index is 1.58. The van der Waals surface area contributed by atoms with Gasteiger partial charge in [0.05, 0.1) is 0 Å². The van der Waals surface area contributed by atoms with E-state index in [1.807, 2.05) is 24.3 Å². The van der Waals surface area contributed by atoms with E-state index >= 15 is 0 Å². The maximum Gasteiger partial charge on any atom is 0.220 e. The number of carbonyl (C=O) groups is 1. The summed E-state index contributed by atoms with van der Waals surface area (Å²) >= 11 is 7.61. The lowest BCUT2D eigenvalue weighted by atomic mass is 9.92. The number of thioether (sulfide) groups is 1. The maximum absolute atomic E-state index is 11.9. The van der Waals surface area contributed by atoms with E-state index in [0.717, 1.165) is 42.9 Å². The highest BCUT2D eigenvalue weighted by Gasteiger charge is 2.19. The molecule has 0 atom stereocenters. The van der Waals surface area contributed by atoms with Crippen LogP contribution in [0.25, 0.3) is 0 Å². The zero-order valence-electron chi connectivity index (χ0n) is 12.2. The highest BCUT2D eigenvalue weighted by atomic mass is 35.5. The Labute approximate surface area is 136 Å². The molecule has 1 aliphatic carbocycles. The van der Waals surface area contributed by atoms with Crippen molar-refractivity contribution in [2.75, 3.05) is 5.75 Å². The van der Waals surface area contributed by atoms with E-state index in [-0.39, 0.29) is 5.91 Å². The van der Waals surface area contributed by atoms with Crippen LogP contribution in [0, 0.1) is 0 Å². The van der Waals surface area contributed by atoms with E-state index in [1.54, 1.807) is 11.8 Å². The zero-order chi connectivity index (χ0) is 15.1. The molecule has 0 unspecified atom stereocenters. The van der Waals surface area contributed by atoms with Crippen molar-refractivity contribution in [2.24, 2.45) is 5.73 Å². The molecule has 0 radical (unpaired) electrons. The van der Waals surface area contributed by atoms with Gasteiger partial charge in [-0.1, -0.05) is 11.6 Å². The van der Waals surface area contributed by atoms with Crippen molar-refractivity contribution in [3.63, 3.8) is 0 Å². The third-order valence-corrected chi connectivity index (χ3v) is 5.12. The summed E-state index contributed by atoms with van der Waals surface area (Å²) in [5.74, 6) is 1.12. The van der Waals surface area contributed by atoms with Gasteiger partial charge in [-0.25, -0.2) is 0 Å². The summed E-state index contributed by atoms with van der Waals surface area (Å²) in [6.07, 6.45) is 5.59. The Bertz CT molecular complexity index is 444. The molecule has 1 saturated carbocycles. The van der Waals surface area contributed by atoms with Crippen LogP contribution in [0.15, 0.2) is 29.2 Å². The average molecular weight is 327 g/mol. The second kappa shape index (κ2) is 8.66. The number of hydrogen-bond acceptors (Lipinski definition) is 3. The van der Waals surface area contributed by atoms with Crippen molar-refractivity contribution in [1.29, 1.82) is 0 Å². The van der Waals surface area contributed by atoms with Crippen LogP contribution < -0.4 is 11.1 Å². The molecule has 0 spiro atoms. The van der Waals surface area contributed by atoms with Crippen LogP contribution in [0.4, 0.5) is 0 Å². The van der Waals surface area contributed by atoms with Gasteiger partial charge in [-0.05, 0) is 62.1 Å². The summed E-state index contributed by atoms with van der Waals surface area (Å²) in [4.78, 5) is 13.1. The SMILES string of the molecule is NC1CCC(NC(=O)CCCSc2ccc(Cl)cc2)CC1. The fourth-order valence-corrected chi connectivity index (χ4v) is 3.50. The van der Waals surface area contributed by atoms with E-state index in [0.29, 0.717) is 18.5 Å². The molecule has 5 heteroatoms. The topological polar surface area (TPSA) is 55.1 Å². The number of halogens is 1. The van der Waals surface area contributed by atoms with Crippen molar-refractivity contribution in [3.05, 3.63) is 29.3 Å². The minimum Gasteiger partial charge on any atom is -0.353 e. The van der Waals surface area contributed by atoms with Gasteiger partial charge in [0, 0.05) is 28.4 Å². The van der Waals surface area contributed by atoms with Gasteiger partial charge >= 0.3 is 0 Å². The van der Waals surface area contributed by atoms with Crippen LogP contribution in [0.5, 0.6) is 0 Å². The lowest BCUT2D eigenvalue weighted by Crippen LogP contribution is -2.40. The second-order valence-corrected chi connectivity index (χ2v) is 7.19. The monoisotopic (exact) mass is 326 g/mol. The number of amides is 1. The fourth-order valence-electron chi connectivity index (χ4n) is 2.52. The summed E-state index contributed by atoms with van der Waals surface area (Å²) in [6.45, 7) is 0. The Morgan fingerprint density at radius 1 is 1.24 bits per heavy atom. The van der Waals surface area contributed by atoms with Gasteiger partial charge in [0.25, 0.3) is 0 Å². The van der Waals surface area contributed by atoms with Crippen molar-refractivity contribution in [2.45, 2.75) is 55.5 Å². The molecule has 116 valence electrons. The van der Waals surface area contributed by atoms with Crippen LogP contribution in [-0.2, 0) is 4.79 Å². The van der Waals surface area contributed by atoms with Gasteiger partial charge in [-0.3, -0.25) is 4.79 Å². The Kier molecular flexibility index (Phi) is 6.87. The predicted molar refractivity (Wildman–Crippen MR) is 89.8 cm³/mol. The van der Waals surface area contributed by atoms with Crippen LogP contribution in [0.3, 0.4) is 0 Å². The second-order valence-electron chi connectivity index (χ2n) is 5.59. The molecular weight excluding hydrogens is 304 g/mol. The van der Waals surface area contributed by atoms with E-state index in [2.05, 4.69) is 5.32 Å². The summed E-state index contributed by atoms with van der Waals surface area (Å²) in [5.41, 5.74) is 5.87. The first-order valence-corrected chi connectivity index (χ1v) is 8.93. The van der Waals surface area contributed by atoms with E-state index < -0.39 is 0 Å². The van der Waals surface area contributed by atoms with E-state index in [4.69, 9.17) is 17.3 Å². The zero-order valence-corrected chi connectivity index (χ0v) is 13.8. The molecule has 0 saturated heterocycles. The quantitative estimate of drug-likeness (QED) is 0.620. The molecule has 0 aromatic heterocycles. The first-order chi connectivity index (χ1) is 10.1. The van der Waals surface area contributed by atoms with Crippen molar-refractivity contribution in [1.82, 2.24) is 5.32 Å². The molecule has 1 aliphatic rings. The summed E-state index contributed by atoms with van der Waals surface area (Å²) in [5, 5.41) is 3.88. The van der Waals surface area contributed by atoms with E-state index in [9.17, 15) is 4.79 Å². The highest BCUT2D eigenvalue weighted by molar-refractivity contribution is 7.99. The molecule has 0 heterocycles. The van der Waals surface area contributed by atoms with Gasteiger partial charge in [-0.2, -0.15) is 0 Å². The number of rotatable bonds is 6. The summed E-state index contributed by atoms with van der Waals surface area (Å²) < 4.78 is 0. The molecule has 1 aromatic rings. The molecule has 1 amide bonds. The molecule has 21 heavy (non-hydrogen) atoms. The first-order valence-electron chi connectivity index (χ1n) is 7.57. The lowest BCUT2D eigenvalue weighted by Gasteiger charge is -2.26. The van der Waals surface area contributed by atoms with Gasteiger partial charge in [0.2, 0.25) is 5.91 Å². The Hall–Kier alpha value is -0.710. The van der Waals surface area contributed by atoms with Gasteiger partial charge in [0.1, 0.15) is 0 Å². The van der Waals surface area contributed by atoms with Gasteiger partial charge in [-0.15, -0.1) is 11.8 Å². The van der Waals surface area contributed by atoms with Crippen LogP contribution >= 0.6 is 23.4 Å². The molecule has 1 aromatic carbocycles. The number of hydrogen-bond donors (Lipinski definition) is 2. The van der Waals surface area contributed by atoms with Crippen LogP contribution in [0.2, 0.25) is 5.02 Å². The molecule has 1 fully saturated rings. The first kappa shape index (κ1) is 16.7. The maximum atomic E-state index is 11.9. The smallest absolute Gasteiger partial charge is 0.220 e.